The summed E-state index contributed by atoms with van der Waals surface area (Å²) in [5.74, 6) is 0. The van der Waals surface area contributed by atoms with Gasteiger partial charge in [-0.1, -0.05) is 36.7 Å². The summed E-state index contributed by atoms with van der Waals surface area (Å²) in [6.45, 7) is 10.7. The highest BCUT2D eigenvalue weighted by Crippen LogP contribution is 2.37. The summed E-state index contributed by atoms with van der Waals surface area (Å²) in [4.78, 5) is 4.21. The van der Waals surface area contributed by atoms with Gasteiger partial charge in [0.1, 0.15) is 9.92 Å². The number of aromatic nitrogens is 1. The second kappa shape index (κ2) is 5.63. The van der Waals surface area contributed by atoms with Gasteiger partial charge in [-0.25, -0.2) is 13.9 Å². The zero-order chi connectivity index (χ0) is 14.9. The molecule has 1 aromatic heterocycles. The molecule has 7 heteroatoms. The summed E-state index contributed by atoms with van der Waals surface area (Å²) in [6.07, 6.45) is 1.64. The van der Waals surface area contributed by atoms with Crippen LogP contribution in [0.5, 0.6) is 0 Å². The number of hydrogen-bond donors (Lipinski definition) is 1. The molecule has 0 radical (unpaired) electrons. The number of pyridine rings is 1. The topological polar surface area (TPSA) is 54.4 Å². The van der Waals surface area contributed by atoms with E-state index in [9.17, 15) is 4.21 Å². The third kappa shape index (κ3) is 3.87. The van der Waals surface area contributed by atoms with Crippen molar-refractivity contribution in [3.8, 4) is 0 Å². The number of nitrogens with one attached hydrogen (secondary N) is 1. The highest BCUT2D eigenvalue weighted by atomic mass is 79.9. The van der Waals surface area contributed by atoms with Gasteiger partial charge in [0.25, 0.3) is 0 Å². The molecule has 0 bridgehead atoms. The van der Waals surface area contributed by atoms with Crippen LogP contribution in [-0.4, -0.2) is 24.5 Å². The van der Waals surface area contributed by atoms with Gasteiger partial charge in [-0.15, -0.1) is 0 Å². The van der Waals surface area contributed by atoms with Crippen LogP contribution in [-0.2, 0) is 9.92 Å². The maximum Gasteiger partial charge on any atom is 0.195 e. The van der Waals surface area contributed by atoms with Crippen molar-refractivity contribution in [2.45, 2.75) is 43.9 Å². The van der Waals surface area contributed by atoms with Gasteiger partial charge in [0.05, 0.1) is 0 Å². The predicted molar refractivity (Wildman–Crippen MR) is 87.0 cm³/mol. The molecule has 0 aliphatic carbocycles. The summed E-state index contributed by atoms with van der Waals surface area (Å²) in [5, 5.41) is 0.521. The Morgan fingerprint density at radius 3 is 2.42 bits per heavy atom. The molecule has 0 aliphatic rings. The molecule has 0 fully saturated rings. The molecule has 1 aromatic rings. The average molecular weight is 364 g/mol. The van der Waals surface area contributed by atoms with E-state index in [1.165, 1.54) is 0 Å². The number of halogens is 1. The monoisotopic (exact) mass is 363 g/mol. The van der Waals surface area contributed by atoms with Crippen LogP contribution >= 0.6 is 15.9 Å². The van der Waals surface area contributed by atoms with Crippen molar-refractivity contribution >= 4 is 34.1 Å². The maximum atomic E-state index is 13.0. The predicted octanol–water partition coefficient (Wildman–Crippen LogP) is 3.81. The van der Waals surface area contributed by atoms with Crippen LogP contribution in [0.3, 0.4) is 0 Å². The Balaban J connectivity index is 3.45. The third-order valence-corrected chi connectivity index (χ3v) is 11.8. The van der Waals surface area contributed by atoms with Crippen LogP contribution in [0.15, 0.2) is 31.9 Å². The Labute approximate surface area is 125 Å². The van der Waals surface area contributed by atoms with E-state index in [4.69, 9.17) is 4.03 Å². The molecule has 1 N–H and O–H groups in total. The minimum absolute atomic E-state index is 0.0402. The van der Waals surface area contributed by atoms with Crippen molar-refractivity contribution in [1.29, 1.82) is 0 Å². The molecule has 1 rings (SSSR count). The van der Waals surface area contributed by atoms with Crippen LogP contribution < -0.4 is 4.72 Å². The Morgan fingerprint density at radius 2 is 2.00 bits per heavy atom. The van der Waals surface area contributed by atoms with E-state index in [1.54, 1.807) is 19.3 Å². The van der Waals surface area contributed by atoms with Gasteiger partial charge in [0, 0.05) is 10.7 Å². The molecule has 0 aliphatic heterocycles. The Hall–Kier alpha value is -0.243. The van der Waals surface area contributed by atoms with Gasteiger partial charge in [0.2, 0.25) is 0 Å². The lowest BCUT2D eigenvalue weighted by molar-refractivity contribution is 0.665. The lowest BCUT2D eigenvalue weighted by atomic mass is 10.2. The normalized spacial score (nSPS) is 15.9. The first kappa shape index (κ1) is 16.8. The van der Waals surface area contributed by atoms with Crippen LogP contribution in [0.2, 0.25) is 18.1 Å². The van der Waals surface area contributed by atoms with Gasteiger partial charge >= 0.3 is 0 Å². The van der Waals surface area contributed by atoms with Gasteiger partial charge in [-0.2, -0.15) is 0 Å². The fourth-order valence-corrected chi connectivity index (χ4v) is 6.78. The van der Waals surface area contributed by atoms with Gasteiger partial charge < -0.3 is 0 Å². The maximum absolute atomic E-state index is 13.0. The van der Waals surface area contributed by atoms with Crippen molar-refractivity contribution in [3.05, 3.63) is 22.8 Å². The number of nitrogens with zero attached hydrogens (tertiary/aromatic N) is 2. The first-order valence-corrected chi connectivity index (χ1v) is 11.4. The molecule has 0 saturated carbocycles. The molecular weight excluding hydrogens is 342 g/mol. The smallest absolute Gasteiger partial charge is 0.195 e. The molecular formula is C12H22BrN3OSSi. The molecule has 0 amide bonds. The number of rotatable bonds is 3. The van der Waals surface area contributed by atoms with Gasteiger partial charge in [-0.3, -0.25) is 4.03 Å². The SMILES string of the molecule is CNS(=O)(=N[Si](C)(C)C(C)(C)C)c1cc(Br)ccn1. The molecule has 0 spiro atoms. The molecule has 1 atom stereocenters. The fraction of sp³-hybridized carbons (Fsp3) is 0.583. The Morgan fingerprint density at radius 1 is 1.42 bits per heavy atom. The first-order chi connectivity index (χ1) is 8.52. The van der Waals surface area contributed by atoms with E-state index in [0.29, 0.717) is 5.03 Å². The molecule has 108 valence electrons. The van der Waals surface area contributed by atoms with E-state index >= 15 is 0 Å². The molecule has 19 heavy (non-hydrogen) atoms. The standard InChI is InChI=1S/C12H22BrN3OSSi/c1-12(2,3)19(5,6)16-18(17,14-4)11-9-10(13)7-8-15-11/h7-9H,1-6H3,(H,14,16,17). The van der Waals surface area contributed by atoms with E-state index < -0.39 is 18.2 Å². The summed E-state index contributed by atoms with van der Waals surface area (Å²) in [5.41, 5.74) is 0. The second-order valence-electron chi connectivity index (χ2n) is 5.94. The van der Waals surface area contributed by atoms with Crippen LogP contribution in [0.1, 0.15) is 20.8 Å². The minimum Gasteiger partial charge on any atom is -0.260 e. The number of hydrogen-bond acceptors (Lipinski definition) is 3. The lowest BCUT2D eigenvalue weighted by Crippen LogP contribution is -2.38. The lowest BCUT2D eigenvalue weighted by Gasteiger charge is -2.33. The van der Waals surface area contributed by atoms with E-state index in [1.807, 2.05) is 6.07 Å². The van der Waals surface area contributed by atoms with Crippen molar-refractivity contribution < 1.29 is 4.21 Å². The summed E-state index contributed by atoms with van der Waals surface area (Å²) >= 11 is 3.38. The van der Waals surface area contributed by atoms with E-state index in [-0.39, 0.29) is 5.04 Å². The second-order valence-corrected chi connectivity index (χ2v) is 14.1. The summed E-state index contributed by atoms with van der Waals surface area (Å²) in [6, 6.07) is 3.57. The average Bonchev–Trinajstić information content (AvgIpc) is 2.26. The Kier molecular flexibility index (Phi) is 4.98. The molecule has 1 unspecified atom stereocenters. The Bertz CT molecular complexity index is 575. The van der Waals surface area contributed by atoms with Crippen LogP contribution in [0, 0.1) is 0 Å². The summed E-state index contributed by atoms with van der Waals surface area (Å²) < 4.78 is 21.5. The molecule has 0 saturated heterocycles. The first-order valence-electron chi connectivity index (χ1n) is 6.10. The zero-order valence-corrected chi connectivity index (χ0v) is 15.7. The third-order valence-electron chi connectivity index (χ3n) is 3.45. The van der Waals surface area contributed by atoms with Gasteiger partial charge in [-0.05, 0) is 37.3 Å². The fourth-order valence-electron chi connectivity index (χ4n) is 1.19. The summed E-state index contributed by atoms with van der Waals surface area (Å²) in [7, 11) is -3.03. The minimum atomic E-state index is -2.67. The highest BCUT2D eigenvalue weighted by molar-refractivity contribution is 9.10. The molecule has 4 nitrogen and oxygen atoms in total. The molecule has 1 heterocycles. The largest absolute Gasteiger partial charge is 0.260 e. The van der Waals surface area contributed by atoms with Crippen molar-refractivity contribution in [2.24, 2.45) is 4.03 Å². The van der Waals surface area contributed by atoms with E-state index in [2.05, 4.69) is 59.5 Å². The van der Waals surface area contributed by atoms with Crippen LogP contribution in [0.25, 0.3) is 0 Å². The quantitative estimate of drug-likeness (QED) is 0.829. The van der Waals surface area contributed by atoms with E-state index in [0.717, 1.165) is 4.47 Å². The van der Waals surface area contributed by atoms with Gasteiger partial charge in [0.15, 0.2) is 13.3 Å². The van der Waals surface area contributed by atoms with Crippen molar-refractivity contribution in [2.75, 3.05) is 7.05 Å². The van der Waals surface area contributed by atoms with Crippen molar-refractivity contribution in [3.63, 3.8) is 0 Å². The van der Waals surface area contributed by atoms with Crippen LogP contribution in [0.4, 0.5) is 0 Å². The van der Waals surface area contributed by atoms with Crippen molar-refractivity contribution in [1.82, 2.24) is 9.71 Å². The highest BCUT2D eigenvalue weighted by Gasteiger charge is 2.37. The molecule has 0 aromatic carbocycles. The zero-order valence-electron chi connectivity index (χ0n) is 12.3.